The maximum atomic E-state index is 13.3. The van der Waals surface area contributed by atoms with Gasteiger partial charge in [-0.05, 0) is 17.5 Å². The van der Waals surface area contributed by atoms with E-state index in [4.69, 9.17) is 11.2 Å². The number of terminal acetylenes is 1. The lowest BCUT2D eigenvalue weighted by atomic mass is 9.89. The highest BCUT2D eigenvalue weighted by Crippen LogP contribution is 2.34. The van der Waals surface area contributed by atoms with Gasteiger partial charge in [-0.2, -0.15) is 0 Å². The van der Waals surface area contributed by atoms with Crippen molar-refractivity contribution in [3.8, 4) is 12.3 Å². The maximum Gasteiger partial charge on any atom is 0.417 e. The Morgan fingerprint density at radius 1 is 1.19 bits per heavy atom. The number of carbonyl (C=O) groups excluding carboxylic acids is 2. The highest BCUT2D eigenvalue weighted by atomic mass is 16.6. The number of imide groups is 1. The average Bonchev–Trinajstić information content (AvgIpc) is 3.10. The van der Waals surface area contributed by atoms with Crippen LogP contribution in [0.5, 0.6) is 0 Å². The first-order valence-corrected chi connectivity index (χ1v) is 8.84. The lowest BCUT2D eigenvalue weighted by molar-refractivity contribution is -0.137. The van der Waals surface area contributed by atoms with Crippen LogP contribution in [0.3, 0.4) is 0 Å². The first-order chi connectivity index (χ1) is 13.1. The number of rotatable bonds is 6. The van der Waals surface area contributed by atoms with Crippen LogP contribution in [0.2, 0.25) is 0 Å². The largest absolute Gasteiger partial charge is 0.446 e. The normalized spacial score (nSPS) is 18.4. The summed E-state index contributed by atoms with van der Waals surface area (Å²) in [6, 6.07) is 17.6. The summed E-state index contributed by atoms with van der Waals surface area (Å²) in [6.07, 6.45) is 4.21. The summed E-state index contributed by atoms with van der Waals surface area (Å²) < 4.78 is 5.14. The quantitative estimate of drug-likeness (QED) is 0.798. The van der Waals surface area contributed by atoms with Crippen LogP contribution in [0.1, 0.15) is 36.1 Å². The first kappa shape index (κ1) is 18.7. The van der Waals surface area contributed by atoms with Crippen molar-refractivity contribution in [2.24, 2.45) is 5.92 Å². The predicted octanol–water partition coefficient (Wildman–Crippen LogP) is 3.47. The van der Waals surface area contributed by atoms with E-state index in [0.717, 1.165) is 10.5 Å². The van der Waals surface area contributed by atoms with Crippen molar-refractivity contribution in [3.05, 3.63) is 71.8 Å². The van der Waals surface area contributed by atoms with Gasteiger partial charge < -0.3 is 9.84 Å². The Labute approximate surface area is 158 Å². The summed E-state index contributed by atoms with van der Waals surface area (Å²) in [4.78, 5) is 26.7. The molecule has 138 valence electrons. The van der Waals surface area contributed by atoms with Crippen LogP contribution in [0.25, 0.3) is 0 Å². The van der Waals surface area contributed by atoms with E-state index in [-0.39, 0.29) is 13.0 Å². The number of aliphatic hydroxyl groups is 1. The standard InChI is InChI=1S/C22H21NO4/c1-2-3-14-18(20(24)17-12-8-5-9-13-17)21(25)23-19(15-27-22(23)26)16-10-6-4-7-11-16/h1,4-13,18-20,24H,3,14-15H2. The number of amides is 2. The van der Waals surface area contributed by atoms with E-state index in [1.54, 1.807) is 24.3 Å². The zero-order valence-corrected chi connectivity index (χ0v) is 14.8. The Hall–Kier alpha value is -3.10. The molecule has 5 heteroatoms. The van der Waals surface area contributed by atoms with Crippen molar-refractivity contribution >= 4 is 12.0 Å². The van der Waals surface area contributed by atoms with Crippen LogP contribution in [0.15, 0.2) is 60.7 Å². The van der Waals surface area contributed by atoms with Crippen molar-refractivity contribution in [2.75, 3.05) is 6.61 Å². The molecule has 1 fully saturated rings. The highest BCUT2D eigenvalue weighted by Gasteiger charge is 2.43. The molecular formula is C22H21NO4. The Kier molecular flexibility index (Phi) is 5.90. The fraction of sp³-hybridized carbons (Fsp3) is 0.273. The maximum absolute atomic E-state index is 13.3. The fourth-order valence-electron chi connectivity index (χ4n) is 3.30. The molecule has 1 saturated heterocycles. The molecule has 5 nitrogen and oxygen atoms in total. The van der Waals surface area contributed by atoms with E-state index < -0.39 is 30.1 Å². The number of benzene rings is 2. The van der Waals surface area contributed by atoms with Crippen LogP contribution >= 0.6 is 0 Å². The van der Waals surface area contributed by atoms with Crippen molar-refractivity contribution < 1.29 is 19.4 Å². The number of cyclic esters (lactones) is 1. The minimum Gasteiger partial charge on any atom is -0.446 e. The molecule has 0 aromatic heterocycles. The van der Waals surface area contributed by atoms with Crippen molar-refractivity contribution in [1.82, 2.24) is 4.90 Å². The van der Waals surface area contributed by atoms with E-state index >= 15 is 0 Å². The average molecular weight is 363 g/mol. The Morgan fingerprint density at radius 3 is 2.44 bits per heavy atom. The highest BCUT2D eigenvalue weighted by molar-refractivity contribution is 5.95. The lowest BCUT2D eigenvalue weighted by Crippen LogP contribution is -2.40. The Balaban J connectivity index is 1.90. The summed E-state index contributed by atoms with van der Waals surface area (Å²) in [5, 5.41) is 10.8. The molecule has 0 saturated carbocycles. The van der Waals surface area contributed by atoms with Crippen LogP contribution in [-0.4, -0.2) is 28.6 Å². The molecule has 1 aliphatic heterocycles. The van der Waals surface area contributed by atoms with Crippen LogP contribution < -0.4 is 0 Å². The predicted molar refractivity (Wildman–Crippen MR) is 100 cm³/mol. The van der Waals surface area contributed by atoms with Crippen molar-refractivity contribution in [3.63, 3.8) is 0 Å². The minimum absolute atomic E-state index is 0.0951. The van der Waals surface area contributed by atoms with Gasteiger partial charge in [0.1, 0.15) is 12.6 Å². The van der Waals surface area contributed by atoms with Gasteiger partial charge in [-0.1, -0.05) is 60.7 Å². The van der Waals surface area contributed by atoms with Gasteiger partial charge in [0.2, 0.25) is 5.91 Å². The van der Waals surface area contributed by atoms with E-state index in [9.17, 15) is 14.7 Å². The zero-order chi connectivity index (χ0) is 19.2. The summed E-state index contributed by atoms with van der Waals surface area (Å²) in [5.74, 6) is 1.20. The minimum atomic E-state index is -1.06. The molecule has 3 unspecified atom stereocenters. The van der Waals surface area contributed by atoms with Gasteiger partial charge in [0.05, 0.1) is 12.0 Å². The van der Waals surface area contributed by atoms with Gasteiger partial charge in [0, 0.05) is 6.42 Å². The summed E-state index contributed by atoms with van der Waals surface area (Å²) in [5.41, 5.74) is 1.42. The smallest absolute Gasteiger partial charge is 0.417 e. The van der Waals surface area contributed by atoms with Gasteiger partial charge in [0.25, 0.3) is 0 Å². The molecule has 1 N–H and O–H groups in total. The van der Waals surface area contributed by atoms with Gasteiger partial charge in [-0.15, -0.1) is 12.3 Å². The topological polar surface area (TPSA) is 66.8 Å². The van der Waals surface area contributed by atoms with Crippen LogP contribution in [0.4, 0.5) is 4.79 Å². The number of ether oxygens (including phenoxy) is 1. The molecule has 2 amide bonds. The molecule has 0 radical (unpaired) electrons. The Bertz CT molecular complexity index is 828. The van der Waals surface area contributed by atoms with E-state index in [1.165, 1.54) is 0 Å². The second-order valence-electron chi connectivity index (χ2n) is 6.42. The third-order valence-electron chi connectivity index (χ3n) is 4.73. The number of nitrogens with zero attached hydrogens (tertiary/aromatic N) is 1. The van der Waals surface area contributed by atoms with Gasteiger partial charge in [-0.3, -0.25) is 4.79 Å². The number of hydrogen-bond acceptors (Lipinski definition) is 4. The molecule has 1 heterocycles. The van der Waals surface area contributed by atoms with Gasteiger partial charge in [0.15, 0.2) is 0 Å². The fourth-order valence-corrected chi connectivity index (χ4v) is 3.30. The van der Waals surface area contributed by atoms with E-state index in [1.807, 2.05) is 36.4 Å². The summed E-state index contributed by atoms with van der Waals surface area (Å²) in [7, 11) is 0. The molecule has 0 spiro atoms. The molecule has 0 bridgehead atoms. The lowest BCUT2D eigenvalue weighted by Gasteiger charge is -2.28. The molecule has 1 aliphatic rings. The van der Waals surface area contributed by atoms with Crippen LogP contribution in [0, 0.1) is 18.3 Å². The molecule has 3 atom stereocenters. The monoisotopic (exact) mass is 363 g/mol. The van der Waals surface area contributed by atoms with Gasteiger partial charge >= 0.3 is 6.09 Å². The SMILES string of the molecule is C#CCCC(C(=O)N1C(=O)OCC1c1ccccc1)C(O)c1ccccc1. The van der Waals surface area contributed by atoms with E-state index in [0.29, 0.717) is 12.0 Å². The zero-order valence-electron chi connectivity index (χ0n) is 14.8. The molecule has 27 heavy (non-hydrogen) atoms. The number of hydrogen-bond donors (Lipinski definition) is 1. The molecule has 2 aromatic carbocycles. The van der Waals surface area contributed by atoms with Crippen molar-refractivity contribution in [2.45, 2.75) is 25.0 Å². The van der Waals surface area contributed by atoms with E-state index in [2.05, 4.69) is 5.92 Å². The second-order valence-corrected chi connectivity index (χ2v) is 6.42. The van der Waals surface area contributed by atoms with Crippen molar-refractivity contribution in [1.29, 1.82) is 0 Å². The molecular weight excluding hydrogens is 342 g/mol. The number of aliphatic hydroxyl groups excluding tert-OH is 1. The number of carbonyl (C=O) groups is 2. The molecule has 2 aromatic rings. The Morgan fingerprint density at radius 2 is 1.81 bits per heavy atom. The third kappa shape index (κ3) is 4.02. The molecule has 0 aliphatic carbocycles. The second kappa shape index (κ2) is 8.52. The first-order valence-electron chi connectivity index (χ1n) is 8.84. The molecule has 3 rings (SSSR count). The summed E-state index contributed by atoms with van der Waals surface area (Å²) >= 11 is 0. The van der Waals surface area contributed by atoms with Gasteiger partial charge in [-0.25, -0.2) is 9.69 Å². The van der Waals surface area contributed by atoms with Crippen LogP contribution in [-0.2, 0) is 9.53 Å². The third-order valence-corrected chi connectivity index (χ3v) is 4.73. The summed E-state index contributed by atoms with van der Waals surface area (Å²) in [6.45, 7) is 0.0951.